The monoisotopic (exact) mass is 572 g/mol. The molecule has 0 spiro atoms. The molecule has 0 saturated heterocycles. The summed E-state index contributed by atoms with van der Waals surface area (Å²) in [5, 5.41) is 0. The van der Waals surface area contributed by atoms with Gasteiger partial charge in [0.2, 0.25) is 0 Å². The molecule has 0 amide bonds. The molecular weight excluding hydrogens is 549 g/mol. The number of nitrogens with zero attached hydrogens (tertiary/aromatic N) is 8. The third-order valence-corrected chi connectivity index (χ3v) is 4.52. The SMILES string of the molecule is [Ru].c1ccc(-c2ccccn2)nc1.c1ccc(-c2ccccn2)nc1.c1cnc(-c2ncccn2)nc1. The van der Waals surface area contributed by atoms with Gasteiger partial charge in [-0.2, -0.15) is 0 Å². The minimum absolute atomic E-state index is 0. The van der Waals surface area contributed by atoms with Crippen LogP contribution in [0.5, 0.6) is 0 Å². The Balaban J connectivity index is 0.000000152. The Bertz CT molecular complexity index is 1100. The van der Waals surface area contributed by atoms with Crippen molar-refractivity contribution in [3.05, 3.63) is 135 Å². The zero-order chi connectivity index (χ0) is 24.7. The third kappa shape index (κ3) is 8.83. The van der Waals surface area contributed by atoms with E-state index in [-0.39, 0.29) is 19.5 Å². The van der Waals surface area contributed by atoms with Crippen molar-refractivity contribution in [3.63, 3.8) is 0 Å². The Kier molecular flexibility index (Phi) is 11.2. The summed E-state index contributed by atoms with van der Waals surface area (Å²) < 4.78 is 0. The van der Waals surface area contributed by atoms with Crippen molar-refractivity contribution in [2.75, 3.05) is 0 Å². The van der Waals surface area contributed by atoms with Crippen molar-refractivity contribution in [3.8, 4) is 34.4 Å². The molecule has 6 aromatic rings. The van der Waals surface area contributed by atoms with Crippen LogP contribution in [0.3, 0.4) is 0 Å². The Morgan fingerprint density at radius 1 is 0.270 bits per heavy atom. The molecule has 0 bridgehead atoms. The summed E-state index contributed by atoms with van der Waals surface area (Å²) in [5.74, 6) is 1.11. The minimum Gasteiger partial charge on any atom is -0.255 e. The van der Waals surface area contributed by atoms with Gasteiger partial charge in [0.15, 0.2) is 11.6 Å². The second kappa shape index (κ2) is 15.4. The zero-order valence-electron chi connectivity index (χ0n) is 19.6. The van der Waals surface area contributed by atoms with Crippen LogP contribution in [0, 0.1) is 0 Å². The number of aromatic nitrogens is 8. The molecule has 0 atom stereocenters. The second-order valence-corrected chi connectivity index (χ2v) is 7.00. The maximum atomic E-state index is 4.19. The molecule has 0 aliphatic carbocycles. The summed E-state index contributed by atoms with van der Waals surface area (Å²) in [5.41, 5.74) is 3.66. The molecule has 0 fully saturated rings. The maximum Gasteiger partial charge on any atom is 0.197 e. The van der Waals surface area contributed by atoms with Gasteiger partial charge in [-0.25, -0.2) is 19.9 Å². The average molecular weight is 572 g/mol. The first-order chi connectivity index (χ1) is 17.9. The Labute approximate surface area is 227 Å². The smallest absolute Gasteiger partial charge is 0.197 e. The molecule has 6 rings (SSSR count). The van der Waals surface area contributed by atoms with E-state index in [1.807, 2.05) is 72.8 Å². The molecule has 6 heterocycles. The summed E-state index contributed by atoms with van der Waals surface area (Å²) >= 11 is 0. The summed E-state index contributed by atoms with van der Waals surface area (Å²) in [7, 11) is 0. The molecule has 9 heteroatoms. The van der Waals surface area contributed by atoms with Crippen LogP contribution in [-0.4, -0.2) is 39.9 Å². The Hall–Kier alpha value is -4.62. The van der Waals surface area contributed by atoms with E-state index in [0.29, 0.717) is 11.6 Å². The van der Waals surface area contributed by atoms with E-state index in [1.54, 1.807) is 61.7 Å². The number of rotatable bonds is 3. The Morgan fingerprint density at radius 3 is 0.730 bits per heavy atom. The van der Waals surface area contributed by atoms with E-state index in [4.69, 9.17) is 0 Å². The molecule has 0 unspecified atom stereocenters. The molecule has 6 aromatic heterocycles. The van der Waals surface area contributed by atoms with Gasteiger partial charge in [-0.1, -0.05) is 24.3 Å². The van der Waals surface area contributed by atoms with Crippen LogP contribution in [0.15, 0.2) is 135 Å². The fourth-order valence-corrected chi connectivity index (χ4v) is 2.89. The fraction of sp³-hybridized carbons (Fsp3) is 0. The molecule has 37 heavy (non-hydrogen) atoms. The molecule has 0 aliphatic heterocycles. The summed E-state index contributed by atoms with van der Waals surface area (Å²) in [6.45, 7) is 0. The van der Waals surface area contributed by atoms with E-state index in [1.165, 1.54) is 0 Å². The van der Waals surface area contributed by atoms with E-state index < -0.39 is 0 Å². The third-order valence-electron chi connectivity index (χ3n) is 4.52. The first kappa shape index (κ1) is 27.0. The largest absolute Gasteiger partial charge is 0.255 e. The number of hydrogen-bond donors (Lipinski definition) is 0. The standard InChI is InChI=1S/2C10H8N2.C8H6N4.Ru/c2*1-3-7-11-9(5-1)10-6-2-4-8-12-10;1-3-9-7(10-4-1)8-11-5-2-6-12-8;/h2*1-8H;1-6H;. The van der Waals surface area contributed by atoms with Crippen molar-refractivity contribution < 1.29 is 19.5 Å². The number of hydrogen-bond acceptors (Lipinski definition) is 8. The van der Waals surface area contributed by atoms with Crippen LogP contribution in [0.2, 0.25) is 0 Å². The molecule has 0 radical (unpaired) electrons. The molecule has 182 valence electrons. The van der Waals surface area contributed by atoms with E-state index in [0.717, 1.165) is 22.8 Å². The van der Waals surface area contributed by atoms with Gasteiger partial charge in [-0.15, -0.1) is 0 Å². The zero-order valence-corrected chi connectivity index (χ0v) is 21.4. The van der Waals surface area contributed by atoms with Crippen LogP contribution in [-0.2, 0) is 19.5 Å². The predicted octanol–water partition coefficient (Wildman–Crippen LogP) is 5.22. The molecule has 0 saturated carbocycles. The van der Waals surface area contributed by atoms with Gasteiger partial charge in [-0.3, -0.25) is 19.9 Å². The van der Waals surface area contributed by atoms with Crippen LogP contribution in [0.25, 0.3) is 34.4 Å². The van der Waals surface area contributed by atoms with Crippen molar-refractivity contribution >= 4 is 0 Å². The summed E-state index contributed by atoms with van der Waals surface area (Å²) in [6, 6.07) is 26.7. The Morgan fingerprint density at radius 2 is 0.514 bits per heavy atom. The first-order valence-corrected chi connectivity index (χ1v) is 11.1. The quantitative estimate of drug-likeness (QED) is 0.267. The van der Waals surface area contributed by atoms with Gasteiger partial charge in [0.25, 0.3) is 0 Å². The van der Waals surface area contributed by atoms with Crippen molar-refractivity contribution in [1.82, 2.24) is 39.9 Å². The maximum absolute atomic E-state index is 4.19. The van der Waals surface area contributed by atoms with Crippen molar-refractivity contribution in [2.24, 2.45) is 0 Å². The topological polar surface area (TPSA) is 103 Å². The van der Waals surface area contributed by atoms with Crippen LogP contribution >= 0.6 is 0 Å². The van der Waals surface area contributed by atoms with Crippen LogP contribution < -0.4 is 0 Å². The van der Waals surface area contributed by atoms with Gasteiger partial charge in [0, 0.05) is 69.1 Å². The van der Waals surface area contributed by atoms with Gasteiger partial charge >= 0.3 is 0 Å². The van der Waals surface area contributed by atoms with E-state index >= 15 is 0 Å². The molecule has 0 aromatic carbocycles. The fourth-order valence-electron chi connectivity index (χ4n) is 2.89. The summed E-state index contributed by atoms with van der Waals surface area (Å²) in [4.78, 5) is 32.8. The number of pyridine rings is 4. The van der Waals surface area contributed by atoms with Gasteiger partial charge < -0.3 is 0 Å². The van der Waals surface area contributed by atoms with Crippen LogP contribution in [0.1, 0.15) is 0 Å². The van der Waals surface area contributed by atoms with Gasteiger partial charge in [0.05, 0.1) is 22.8 Å². The normalized spacial score (nSPS) is 9.41. The van der Waals surface area contributed by atoms with Gasteiger partial charge in [0.1, 0.15) is 0 Å². The first-order valence-electron chi connectivity index (χ1n) is 11.1. The minimum atomic E-state index is 0. The van der Waals surface area contributed by atoms with Gasteiger partial charge in [-0.05, 0) is 60.7 Å². The summed E-state index contributed by atoms with van der Waals surface area (Å²) in [6.07, 6.45) is 13.7. The predicted molar refractivity (Wildman–Crippen MR) is 138 cm³/mol. The molecule has 8 nitrogen and oxygen atoms in total. The molecular formula is C28H22N8Ru. The second-order valence-electron chi connectivity index (χ2n) is 7.00. The van der Waals surface area contributed by atoms with E-state index in [2.05, 4.69) is 39.9 Å². The van der Waals surface area contributed by atoms with E-state index in [9.17, 15) is 0 Å². The average Bonchev–Trinajstić information content (AvgIpc) is 3.01. The molecule has 0 aliphatic rings. The van der Waals surface area contributed by atoms with Crippen molar-refractivity contribution in [2.45, 2.75) is 0 Å². The van der Waals surface area contributed by atoms with Crippen LogP contribution in [0.4, 0.5) is 0 Å². The van der Waals surface area contributed by atoms with Crippen molar-refractivity contribution in [1.29, 1.82) is 0 Å². The molecule has 0 N–H and O–H groups in total.